The molecular formula is C11H13N3O. The van der Waals surface area contributed by atoms with E-state index < -0.39 is 0 Å². The van der Waals surface area contributed by atoms with E-state index in [2.05, 4.69) is 10.4 Å². The molecule has 1 heterocycles. The number of carbonyl (C=O) groups excluding carboxylic acids is 1. The van der Waals surface area contributed by atoms with Crippen LogP contribution in [0, 0.1) is 0 Å². The topological polar surface area (TPSA) is 44.7 Å². The summed E-state index contributed by atoms with van der Waals surface area (Å²) in [6, 6.07) is 7.37. The Morgan fingerprint density at radius 2 is 2.13 bits per heavy atom. The lowest BCUT2D eigenvalue weighted by atomic mass is 10.1. The highest BCUT2D eigenvalue weighted by Gasteiger charge is 2.19. The molecule has 1 N–H and O–H groups in total. The van der Waals surface area contributed by atoms with Crippen molar-refractivity contribution >= 4 is 17.4 Å². The average Bonchev–Trinajstić information content (AvgIpc) is 2.38. The fourth-order valence-corrected chi connectivity index (χ4v) is 1.51. The molecule has 2 rings (SSSR count). The lowest BCUT2D eigenvalue weighted by molar-refractivity contribution is 0.0761. The first kappa shape index (κ1) is 9.71. The van der Waals surface area contributed by atoms with Crippen molar-refractivity contribution in [1.29, 1.82) is 0 Å². The third kappa shape index (κ3) is 1.70. The highest BCUT2D eigenvalue weighted by atomic mass is 16.2. The number of aliphatic imine (C=N–C) groups is 1. The summed E-state index contributed by atoms with van der Waals surface area (Å²) in [6.45, 7) is 2.00. The van der Waals surface area contributed by atoms with E-state index in [9.17, 15) is 4.79 Å². The molecule has 4 nitrogen and oxygen atoms in total. The minimum atomic E-state index is -0.0576. The monoisotopic (exact) mass is 203 g/mol. The Morgan fingerprint density at radius 1 is 1.40 bits per heavy atom. The molecule has 0 spiro atoms. The number of hydrogen-bond donors (Lipinski definition) is 1. The zero-order valence-corrected chi connectivity index (χ0v) is 8.82. The van der Waals surface area contributed by atoms with E-state index >= 15 is 0 Å². The van der Waals surface area contributed by atoms with E-state index in [1.165, 1.54) is 5.01 Å². The molecule has 1 aliphatic heterocycles. The maximum absolute atomic E-state index is 11.9. The van der Waals surface area contributed by atoms with Gasteiger partial charge in [0, 0.05) is 13.5 Å². The predicted octanol–water partition coefficient (Wildman–Crippen LogP) is 1.72. The molecule has 0 saturated carbocycles. The molecule has 0 aromatic heterocycles. The number of hydrogen-bond acceptors (Lipinski definition) is 3. The third-order valence-corrected chi connectivity index (χ3v) is 2.33. The van der Waals surface area contributed by atoms with Gasteiger partial charge in [-0.2, -0.15) is 0 Å². The summed E-state index contributed by atoms with van der Waals surface area (Å²) >= 11 is 0. The first-order valence-corrected chi connectivity index (χ1v) is 4.93. The van der Waals surface area contributed by atoms with E-state index in [4.69, 9.17) is 0 Å². The number of fused-ring (bicyclic) bond motifs is 1. The molecule has 1 aromatic rings. The number of nitrogens with zero attached hydrogens (tertiary/aromatic N) is 2. The second-order valence-corrected chi connectivity index (χ2v) is 3.41. The van der Waals surface area contributed by atoms with Gasteiger partial charge in [0.15, 0.2) is 0 Å². The average molecular weight is 203 g/mol. The second kappa shape index (κ2) is 3.73. The van der Waals surface area contributed by atoms with Crippen LogP contribution >= 0.6 is 0 Å². The van der Waals surface area contributed by atoms with Gasteiger partial charge in [-0.3, -0.25) is 15.2 Å². The molecule has 15 heavy (non-hydrogen) atoms. The van der Waals surface area contributed by atoms with Crippen LogP contribution in [0.2, 0.25) is 0 Å². The number of amides is 1. The molecule has 0 atom stereocenters. The molecule has 0 bridgehead atoms. The first-order valence-electron chi connectivity index (χ1n) is 4.93. The molecule has 0 radical (unpaired) electrons. The summed E-state index contributed by atoms with van der Waals surface area (Å²) in [5.41, 5.74) is 4.33. The Labute approximate surface area is 88.6 Å². The van der Waals surface area contributed by atoms with Crippen LogP contribution < -0.4 is 5.43 Å². The van der Waals surface area contributed by atoms with Crippen molar-refractivity contribution in [3.05, 3.63) is 29.8 Å². The van der Waals surface area contributed by atoms with Crippen molar-refractivity contribution in [2.45, 2.75) is 13.3 Å². The lowest BCUT2D eigenvalue weighted by Gasteiger charge is -2.17. The Hall–Kier alpha value is -1.84. The van der Waals surface area contributed by atoms with E-state index in [0.29, 0.717) is 5.56 Å². The van der Waals surface area contributed by atoms with Gasteiger partial charge in [0.1, 0.15) is 5.84 Å². The molecule has 1 aromatic carbocycles. The van der Waals surface area contributed by atoms with E-state index in [-0.39, 0.29) is 5.91 Å². The van der Waals surface area contributed by atoms with Crippen molar-refractivity contribution in [3.8, 4) is 0 Å². The van der Waals surface area contributed by atoms with Crippen molar-refractivity contribution in [1.82, 2.24) is 10.4 Å². The lowest BCUT2D eigenvalue weighted by Crippen LogP contribution is -2.41. The van der Waals surface area contributed by atoms with Gasteiger partial charge in [0.25, 0.3) is 5.91 Å². The molecule has 4 heteroatoms. The Balaban J connectivity index is 2.54. The Morgan fingerprint density at radius 3 is 2.87 bits per heavy atom. The van der Waals surface area contributed by atoms with Gasteiger partial charge in [-0.25, -0.2) is 4.99 Å². The molecule has 1 amide bonds. The van der Waals surface area contributed by atoms with E-state index in [1.807, 2.05) is 25.1 Å². The molecule has 0 fully saturated rings. The van der Waals surface area contributed by atoms with Gasteiger partial charge in [-0.15, -0.1) is 0 Å². The predicted molar refractivity (Wildman–Crippen MR) is 59.1 cm³/mol. The van der Waals surface area contributed by atoms with Crippen LogP contribution in [-0.2, 0) is 0 Å². The maximum atomic E-state index is 11.9. The summed E-state index contributed by atoms with van der Waals surface area (Å²) in [4.78, 5) is 16.3. The van der Waals surface area contributed by atoms with Gasteiger partial charge in [0.2, 0.25) is 0 Å². The zero-order valence-electron chi connectivity index (χ0n) is 8.82. The first-order chi connectivity index (χ1) is 7.22. The summed E-state index contributed by atoms with van der Waals surface area (Å²) in [6.07, 6.45) is 0.770. The maximum Gasteiger partial charge on any atom is 0.274 e. The molecule has 1 aliphatic rings. The van der Waals surface area contributed by atoms with Crippen LogP contribution in [0.1, 0.15) is 23.7 Å². The van der Waals surface area contributed by atoms with Gasteiger partial charge in [-0.05, 0) is 12.1 Å². The van der Waals surface area contributed by atoms with Gasteiger partial charge < -0.3 is 0 Å². The normalized spacial score (nSPS) is 15.2. The fourth-order valence-electron chi connectivity index (χ4n) is 1.51. The van der Waals surface area contributed by atoms with Gasteiger partial charge in [-0.1, -0.05) is 19.1 Å². The van der Waals surface area contributed by atoms with E-state index in [0.717, 1.165) is 17.9 Å². The number of rotatable bonds is 1. The van der Waals surface area contributed by atoms with Crippen molar-refractivity contribution in [3.63, 3.8) is 0 Å². The largest absolute Gasteiger partial charge is 0.283 e. The minimum absolute atomic E-state index is 0.0576. The minimum Gasteiger partial charge on any atom is -0.283 e. The van der Waals surface area contributed by atoms with E-state index in [1.54, 1.807) is 13.1 Å². The third-order valence-electron chi connectivity index (χ3n) is 2.33. The van der Waals surface area contributed by atoms with Crippen LogP contribution in [0.5, 0.6) is 0 Å². The summed E-state index contributed by atoms with van der Waals surface area (Å²) in [5.74, 6) is 0.744. The molecule has 0 unspecified atom stereocenters. The van der Waals surface area contributed by atoms with Gasteiger partial charge >= 0.3 is 0 Å². The quantitative estimate of drug-likeness (QED) is 0.755. The summed E-state index contributed by atoms with van der Waals surface area (Å²) in [5, 5.41) is 1.47. The number of carbonyl (C=O) groups is 1. The van der Waals surface area contributed by atoms with Crippen LogP contribution in [0.25, 0.3) is 0 Å². The van der Waals surface area contributed by atoms with Crippen molar-refractivity contribution in [2.75, 3.05) is 7.05 Å². The van der Waals surface area contributed by atoms with Crippen LogP contribution in [0.15, 0.2) is 29.3 Å². The highest BCUT2D eigenvalue weighted by Crippen LogP contribution is 2.22. The standard InChI is InChI=1S/C11H13N3O/c1-3-10-12-9-7-5-4-6-8(9)11(15)14(2)13-10/h4-7H,3H2,1-2H3,(H,12,13). The summed E-state index contributed by atoms with van der Waals surface area (Å²) in [7, 11) is 1.70. The highest BCUT2D eigenvalue weighted by molar-refractivity contribution is 6.03. The Bertz CT molecular complexity index is 426. The zero-order chi connectivity index (χ0) is 10.8. The van der Waals surface area contributed by atoms with Crippen LogP contribution in [0.4, 0.5) is 5.69 Å². The number of para-hydroxylation sites is 1. The number of amidine groups is 1. The van der Waals surface area contributed by atoms with Crippen LogP contribution in [0.3, 0.4) is 0 Å². The van der Waals surface area contributed by atoms with Crippen LogP contribution in [-0.4, -0.2) is 23.8 Å². The summed E-state index contributed by atoms with van der Waals surface area (Å²) < 4.78 is 0. The second-order valence-electron chi connectivity index (χ2n) is 3.41. The SMILES string of the molecule is CCC1=Nc2ccccc2C(=O)N(C)N1. The number of benzene rings is 1. The fraction of sp³-hybridized carbons (Fsp3) is 0.273. The van der Waals surface area contributed by atoms with Gasteiger partial charge in [0.05, 0.1) is 11.3 Å². The molecule has 0 saturated heterocycles. The van der Waals surface area contributed by atoms with Crippen molar-refractivity contribution < 1.29 is 4.79 Å². The Kier molecular flexibility index (Phi) is 2.41. The smallest absolute Gasteiger partial charge is 0.274 e. The van der Waals surface area contributed by atoms with Crippen molar-refractivity contribution in [2.24, 2.45) is 4.99 Å². The molecule has 78 valence electrons. The number of hydrazine groups is 1. The number of nitrogens with one attached hydrogen (secondary N) is 1. The molecule has 0 aliphatic carbocycles. The molecular weight excluding hydrogens is 190 g/mol.